The van der Waals surface area contributed by atoms with E-state index in [1.54, 1.807) is 0 Å². The zero-order valence-corrected chi connectivity index (χ0v) is 10.8. The van der Waals surface area contributed by atoms with Crippen LogP contribution in [0, 0.1) is 6.92 Å². The molecule has 0 saturated heterocycles. The Labute approximate surface area is 105 Å². The van der Waals surface area contributed by atoms with Crippen LogP contribution in [0.15, 0.2) is 24.3 Å². The van der Waals surface area contributed by atoms with Gasteiger partial charge in [0.15, 0.2) is 0 Å². The van der Waals surface area contributed by atoms with E-state index in [0.717, 1.165) is 24.1 Å². The van der Waals surface area contributed by atoms with Crippen molar-refractivity contribution in [3.8, 4) is 0 Å². The van der Waals surface area contributed by atoms with Gasteiger partial charge in [-0.05, 0) is 30.9 Å². The summed E-state index contributed by atoms with van der Waals surface area (Å²) >= 11 is 1.19. The molecule has 0 bridgehead atoms. The molecule has 0 aliphatic heterocycles. The fraction of sp³-hybridized carbons (Fsp3) is 0.308. The van der Waals surface area contributed by atoms with Crippen molar-refractivity contribution >= 4 is 17.3 Å². The number of hydrogen-bond donors (Lipinski definition) is 0. The molecule has 0 atom stereocenters. The number of benzene rings is 1. The van der Waals surface area contributed by atoms with Gasteiger partial charge in [-0.3, -0.25) is 4.79 Å². The minimum absolute atomic E-state index is 0.0344. The first-order valence-corrected chi connectivity index (χ1v) is 6.42. The van der Waals surface area contributed by atoms with E-state index in [2.05, 4.69) is 16.5 Å². The first kappa shape index (κ1) is 11.9. The van der Waals surface area contributed by atoms with E-state index in [9.17, 15) is 4.79 Å². The summed E-state index contributed by atoms with van der Waals surface area (Å²) in [6.07, 6.45) is 1.78. The van der Waals surface area contributed by atoms with E-state index in [4.69, 9.17) is 0 Å². The van der Waals surface area contributed by atoms with Gasteiger partial charge in [-0.2, -0.15) is 0 Å². The summed E-state index contributed by atoms with van der Waals surface area (Å²) in [6.45, 7) is 4.05. The van der Waals surface area contributed by atoms with Gasteiger partial charge in [0.25, 0.3) is 0 Å². The van der Waals surface area contributed by atoms with Crippen LogP contribution in [0.5, 0.6) is 0 Å². The van der Waals surface area contributed by atoms with Crippen LogP contribution in [-0.2, 0) is 6.42 Å². The molecule has 0 N–H and O–H groups in total. The average Bonchev–Trinajstić information content (AvgIpc) is 2.77. The summed E-state index contributed by atoms with van der Waals surface area (Å²) in [5, 5.41) is 4.02. The predicted octanol–water partition coefficient (Wildman–Crippen LogP) is 3.03. The monoisotopic (exact) mass is 246 g/mol. The van der Waals surface area contributed by atoms with Crippen LogP contribution < -0.4 is 0 Å². The third-order valence-electron chi connectivity index (χ3n) is 2.53. The summed E-state index contributed by atoms with van der Waals surface area (Å²) in [5.41, 5.74) is 2.63. The molecule has 0 spiro atoms. The largest absolute Gasteiger partial charge is 0.288 e. The Morgan fingerprint density at radius 2 is 2.24 bits per heavy atom. The summed E-state index contributed by atoms with van der Waals surface area (Å²) in [4.78, 5) is 13.0. The molecule has 0 fully saturated rings. The Kier molecular flexibility index (Phi) is 3.64. The number of aromatic nitrogens is 2. The molecule has 2 rings (SSSR count). The predicted molar refractivity (Wildman–Crippen MR) is 68.5 cm³/mol. The van der Waals surface area contributed by atoms with Crippen molar-refractivity contribution in [3.63, 3.8) is 0 Å². The summed E-state index contributed by atoms with van der Waals surface area (Å²) in [7, 11) is 0. The lowest BCUT2D eigenvalue weighted by Crippen LogP contribution is -2.03. The van der Waals surface area contributed by atoms with Gasteiger partial charge in [-0.1, -0.05) is 41.6 Å². The number of ketones is 1. The van der Waals surface area contributed by atoms with E-state index in [1.165, 1.54) is 11.5 Å². The van der Waals surface area contributed by atoms with E-state index >= 15 is 0 Å². The van der Waals surface area contributed by atoms with Crippen LogP contribution in [0.2, 0.25) is 0 Å². The van der Waals surface area contributed by atoms with E-state index in [0.29, 0.717) is 10.4 Å². The number of rotatable bonds is 4. The van der Waals surface area contributed by atoms with Gasteiger partial charge in [0.2, 0.25) is 5.78 Å². The van der Waals surface area contributed by atoms with Crippen molar-refractivity contribution in [2.75, 3.05) is 0 Å². The Balaban J connectivity index is 2.33. The number of nitrogens with zero attached hydrogens (tertiary/aromatic N) is 2. The first-order chi connectivity index (χ1) is 8.22. The van der Waals surface area contributed by atoms with Crippen LogP contribution >= 0.6 is 11.5 Å². The maximum absolute atomic E-state index is 12.3. The Morgan fingerprint density at radius 1 is 1.41 bits per heavy atom. The quantitative estimate of drug-likeness (QED) is 0.779. The van der Waals surface area contributed by atoms with E-state index < -0.39 is 0 Å². The van der Waals surface area contributed by atoms with Crippen molar-refractivity contribution in [1.29, 1.82) is 0 Å². The summed E-state index contributed by atoms with van der Waals surface area (Å²) < 4.78 is 3.88. The zero-order valence-electron chi connectivity index (χ0n) is 9.93. The zero-order chi connectivity index (χ0) is 12.3. The molecule has 0 amide bonds. The highest BCUT2D eigenvalue weighted by Gasteiger charge is 2.17. The van der Waals surface area contributed by atoms with E-state index in [1.807, 2.05) is 31.2 Å². The smallest absolute Gasteiger partial charge is 0.206 e. The van der Waals surface area contributed by atoms with Crippen molar-refractivity contribution in [2.24, 2.45) is 0 Å². The molecule has 0 aliphatic rings. The van der Waals surface area contributed by atoms with Gasteiger partial charge in [-0.15, -0.1) is 5.10 Å². The lowest BCUT2D eigenvalue weighted by molar-refractivity contribution is 0.104. The molecule has 1 aromatic heterocycles. The van der Waals surface area contributed by atoms with Gasteiger partial charge in [-0.25, -0.2) is 0 Å². The van der Waals surface area contributed by atoms with Crippen molar-refractivity contribution in [3.05, 3.63) is 46.0 Å². The molecular formula is C13H14N2OS. The molecule has 17 heavy (non-hydrogen) atoms. The Hall–Kier alpha value is -1.55. The topological polar surface area (TPSA) is 42.9 Å². The molecule has 4 heteroatoms. The highest BCUT2D eigenvalue weighted by atomic mass is 32.1. The molecule has 0 aliphatic carbocycles. The minimum Gasteiger partial charge on any atom is -0.288 e. The van der Waals surface area contributed by atoms with Crippen LogP contribution in [0.25, 0.3) is 0 Å². The van der Waals surface area contributed by atoms with Crippen molar-refractivity contribution in [1.82, 2.24) is 9.59 Å². The first-order valence-electron chi connectivity index (χ1n) is 5.65. The van der Waals surface area contributed by atoms with Gasteiger partial charge in [0.1, 0.15) is 4.88 Å². The molecule has 1 aromatic carbocycles. The maximum atomic E-state index is 12.3. The second-order valence-electron chi connectivity index (χ2n) is 4.00. The van der Waals surface area contributed by atoms with Gasteiger partial charge in [0, 0.05) is 5.56 Å². The van der Waals surface area contributed by atoms with Gasteiger partial charge < -0.3 is 0 Å². The lowest BCUT2D eigenvalue weighted by atomic mass is 10.1. The highest BCUT2D eigenvalue weighted by molar-refractivity contribution is 7.08. The van der Waals surface area contributed by atoms with Crippen molar-refractivity contribution in [2.45, 2.75) is 26.7 Å². The fourth-order valence-corrected chi connectivity index (χ4v) is 2.37. The molecule has 0 unspecified atom stereocenters. The summed E-state index contributed by atoms with van der Waals surface area (Å²) in [5.74, 6) is 0.0344. The van der Waals surface area contributed by atoms with Crippen LogP contribution in [0.1, 0.15) is 39.8 Å². The fourth-order valence-electron chi connectivity index (χ4n) is 1.70. The molecule has 88 valence electrons. The van der Waals surface area contributed by atoms with Crippen LogP contribution in [0.3, 0.4) is 0 Å². The van der Waals surface area contributed by atoms with Gasteiger partial charge in [0.05, 0.1) is 5.69 Å². The number of carbonyl (C=O) groups excluding carboxylic acids is 1. The number of hydrogen-bond acceptors (Lipinski definition) is 4. The molecule has 0 radical (unpaired) electrons. The second-order valence-corrected chi connectivity index (χ2v) is 4.75. The highest BCUT2D eigenvalue weighted by Crippen LogP contribution is 2.18. The van der Waals surface area contributed by atoms with E-state index in [-0.39, 0.29) is 5.78 Å². The Bertz CT molecular complexity index is 534. The molecule has 3 nitrogen and oxygen atoms in total. The number of aryl methyl sites for hydroxylation is 2. The second kappa shape index (κ2) is 5.19. The molecule has 2 aromatic rings. The SMILES string of the molecule is CCCc1nnsc1C(=O)c1cccc(C)c1. The van der Waals surface area contributed by atoms with Crippen LogP contribution in [0.4, 0.5) is 0 Å². The average molecular weight is 246 g/mol. The minimum atomic E-state index is 0.0344. The molecule has 1 heterocycles. The maximum Gasteiger partial charge on any atom is 0.206 e. The van der Waals surface area contributed by atoms with Gasteiger partial charge >= 0.3 is 0 Å². The lowest BCUT2D eigenvalue weighted by Gasteiger charge is -2.01. The normalized spacial score (nSPS) is 10.5. The molecular weight excluding hydrogens is 232 g/mol. The number of carbonyl (C=O) groups is 1. The summed E-state index contributed by atoms with van der Waals surface area (Å²) in [6, 6.07) is 7.62. The van der Waals surface area contributed by atoms with Crippen LogP contribution in [-0.4, -0.2) is 15.4 Å². The molecule has 0 saturated carbocycles. The third kappa shape index (κ3) is 2.58. The standard InChI is InChI=1S/C13H14N2OS/c1-3-5-11-13(17-15-14-11)12(16)10-7-4-6-9(2)8-10/h4,6-8H,3,5H2,1-2H3. The van der Waals surface area contributed by atoms with Crippen molar-refractivity contribution < 1.29 is 4.79 Å². The Morgan fingerprint density at radius 3 is 2.94 bits per heavy atom. The third-order valence-corrected chi connectivity index (χ3v) is 3.30.